The van der Waals surface area contributed by atoms with Crippen molar-refractivity contribution >= 4 is 10.4 Å². The zero-order valence-electron chi connectivity index (χ0n) is 15.4. The number of aliphatic hydroxyl groups is 2. The first-order valence-electron chi connectivity index (χ1n) is 8.69. The van der Waals surface area contributed by atoms with Crippen LogP contribution in [0.5, 0.6) is 0 Å². The van der Waals surface area contributed by atoms with Gasteiger partial charge in [-0.3, -0.25) is 18.9 Å². The molecule has 0 radical (unpaired) electrons. The molecule has 7 atom stereocenters. The predicted octanol–water partition coefficient (Wildman–Crippen LogP) is -3.32. The smallest absolute Gasteiger partial charge is 0.387 e. The zero-order valence-corrected chi connectivity index (χ0v) is 16.2. The van der Waals surface area contributed by atoms with E-state index in [1.807, 2.05) is 0 Å². The zero-order chi connectivity index (χ0) is 23.1. The maximum atomic E-state index is 14.9. The molecule has 2 aliphatic heterocycles. The summed E-state index contributed by atoms with van der Waals surface area (Å²) < 4.78 is 80.5. The van der Waals surface area contributed by atoms with E-state index in [-0.39, 0.29) is 6.54 Å². The van der Waals surface area contributed by atoms with E-state index >= 15 is 0 Å². The van der Waals surface area contributed by atoms with Crippen LogP contribution >= 0.6 is 0 Å². The van der Waals surface area contributed by atoms with Gasteiger partial charge in [-0.2, -0.15) is 8.42 Å². The summed E-state index contributed by atoms with van der Waals surface area (Å²) in [5.74, 6) is -4.16. The van der Waals surface area contributed by atoms with E-state index in [1.54, 1.807) is 4.98 Å². The minimum Gasteiger partial charge on any atom is -0.387 e. The summed E-state index contributed by atoms with van der Waals surface area (Å²) in [5, 5.41) is 19.6. The average Bonchev–Trinajstić information content (AvgIpc) is 3.06. The van der Waals surface area contributed by atoms with Gasteiger partial charge in [-0.05, 0) is 0 Å². The van der Waals surface area contributed by atoms with Crippen LogP contribution in [0.1, 0.15) is 6.23 Å². The lowest BCUT2D eigenvalue weighted by molar-refractivity contribution is -0.201. The molecule has 0 unspecified atom stereocenters. The summed E-state index contributed by atoms with van der Waals surface area (Å²) in [7, 11) is -5.42. The Bertz CT molecular complexity index is 1020. The Hall–Kier alpha value is -1.83. The first-order chi connectivity index (χ1) is 14.3. The second kappa shape index (κ2) is 8.60. The number of aromatic amines is 1. The van der Waals surface area contributed by atoms with Crippen LogP contribution < -0.4 is 17.0 Å². The van der Waals surface area contributed by atoms with E-state index in [1.165, 1.54) is 0 Å². The Balaban J connectivity index is 1.85. The number of nitrogens with zero attached hydrogens (tertiary/aromatic N) is 1. The lowest BCUT2D eigenvalue weighted by atomic mass is 10.1. The number of nitrogens with two attached hydrogens (primary N) is 1. The van der Waals surface area contributed by atoms with Crippen LogP contribution in [0.4, 0.5) is 8.78 Å². The molecule has 0 bridgehead atoms. The van der Waals surface area contributed by atoms with Gasteiger partial charge in [0.25, 0.3) is 5.56 Å². The maximum Gasteiger partial charge on any atom is 0.398 e. The normalized spacial score (nSPS) is 35.5. The fraction of sp³-hybridized carbons (Fsp3) is 0.714. The van der Waals surface area contributed by atoms with Crippen molar-refractivity contribution < 1.29 is 50.4 Å². The molecule has 2 aliphatic rings. The monoisotopic (exact) mass is 475 g/mol. The molecule has 3 rings (SSSR count). The molecule has 3 heterocycles. The van der Waals surface area contributed by atoms with Crippen LogP contribution in [0, 0.1) is 0 Å². The number of ether oxygens (including phenoxy) is 3. The van der Waals surface area contributed by atoms with Crippen molar-refractivity contribution in [3.05, 3.63) is 33.1 Å². The molecule has 2 saturated heterocycles. The summed E-state index contributed by atoms with van der Waals surface area (Å²) in [5.41, 5.74) is 3.26. The number of alkyl halides is 2. The van der Waals surface area contributed by atoms with E-state index < -0.39 is 77.2 Å². The van der Waals surface area contributed by atoms with E-state index in [4.69, 9.17) is 24.5 Å². The highest BCUT2D eigenvalue weighted by molar-refractivity contribution is 7.80. The van der Waals surface area contributed by atoms with Crippen LogP contribution in [-0.2, 0) is 28.8 Å². The Morgan fingerprint density at radius 2 is 1.94 bits per heavy atom. The molecule has 1 aromatic rings. The van der Waals surface area contributed by atoms with Gasteiger partial charge in [0.2, 0.25) is 0 Å². The fourth-order valence-electron chi connectivity index (χ4n) is 3.17. The third kappa shape index (κ3) is 4.83. The summed E-state index contributed by atoms with van der Waals surface area (Å²) in [4.78, 5) is 24.9. The van der Waals surface area contributed by atoms with Crippen molar-refractivity contribution in [1.29, 1.82) is 0 Å². The first kappa shape index (κ1) is 23.8. The Morgan fingerprint density at radius 3 is 2.48 bits per heavy atom. The summed E-state index contributed by atoms with van der Waals surface area (Å²) in [6.07, 6.45) is -12.0. The lowest BCUT2D eigenvalue weighted by Gasteiger charge is -2.23. The molecule has 1 aromatic heterocycles. The van der Waals surface area contributed by atoms with Crippen LogP contribution in [0.15, 0.2) is 21.9 Å². The molecule has 176 valence electrons. The maximum absolute atomic E-state index is 14.9. The Kier molecular flexibility index (Phi) is 6.61. The Morgan fingerprint density at radius 1 is 1.26 bits per heavy atom. The van der Waals surface area contributed by atoms with Crippen molar-refractivity contribution in [3.63, 3.8) is 0 Å². The average molecular weight is 475 g/mol. The molecule has 14 nitrogen and oxygen atoms in total. The van der Waals surface area contributed by atoms with Gasteiger partial charge in [-0.25, -0.2) is 17.8 Å². The van der Waals surface area contributed by atoms with Crippen molar-refractivity contribution in [2.24, 2.45) is 5.73 Å². The number of hydrogen-bond acceptors (Lipinski definition) is 11. The largest absolute Gasteiger partial charge is 0.398 e. The summed E-state index contributed by atoms with van der Waals surface area (Å²) in [6, 6.07) is 0.786. The molecular weight excluding hydrogens is 456 g/mol. The van der Waals surface area contributed by atoms with Crippen molar-refractivity contribution in [2.45, 2.75) is 49.0 Å². The van der Waals surface area contributed by atoms with Gasteiger partial charge in [0, 0.05) is 18.8 Å². The minimum absolute atomic E-state index is 0.199. The van der Waals surface area contributed by atoms with Gasteiger partial charge in [-0.15, -0.1) is 0 Å². The van der Waals surface area contributed by atoms with E-state index in [0.717, 1.165) is 12.3 Å². The molecule has 0 saturated carbocycles. The van der Waals surface area contributed by atoms with E-state index in [0.29, 0.717) is 4.57 Å². The summed E-state index contributed by atoms with van der Waals surface area (Å²) >= 11 is 0. The van der Waals surface area contributed by atoms with Crippen LogP contribution in [-0.4, -0.2) is 88.6 Å². The number of halogens is 2. The van der Waals surface area contributed by atoms with Gasteiger partial charge in [0.1, 0.15) is 24.4 Å². The van der Waals surface area contributed by atoms with Crippen LogP contribution in [0.25, 0.3) is 0 Å². The number of hydrogen-bond donors (Lipinski definition) is 5. The molecule has 31 heavy (non-hydrogen) atoms. The molecule has 2 fully saturated rings. The van der Waals surface area contributed by atoms with E-state index in [2.05, 4.69) is 4.18 Å². The second-order valence-corrected chi connectivity index (χ2v) is 7.79. The van der Waals surface area contributed by atoms with Crippen LogP contribution in [0.3, 0.4) is 0 Å². The number of nitrogens with one attached hydrogen (secondary N) is 1. The second-order valence-electron chi connectivity index (χ2n) is 6.74. The molecule has 0 aromatic carbocycles. The molecule has 0 spiro atoms. The Labute approximate surface area is 172 Å². The SMILES string of the molecule is NC[C@H]1O[C@@H](OC[C@H]2O[C@@H](n3ccc(=O)[nH]c3=O)[C@H](OS(=O)(=O)O)C2(F)F)[C@H](O)[C@@H]1O. The van der Waals surface area contributed by atoms with E-state index in [9.17, 15) is 37.0 Å². The van der Waals surface area contributed by atoms with Gasteiger partial charge < -0.3 is 30.2 Å². The van der Waals surface area contributed by atoms with Crippen molar-refractivity contribution in [1.82, 2.24) is 9.55 Å². The molecule has 6 N–H and O–H groups in total. The summed E-state index contributed by atoms with van der Waals surface area (Å²) in [6.45, 7) is -1.21. The third-order valence-electron chi connectivity index (χ3n) is 4.68. The number of H-pyrrole nitrogens is 1. The number of aromatic nitrogens is 2. The number of rotatable bonds is 7. The molecule has 0 amide bonds. The highest BCUT2D eigenvalue weighted by atomic mass is 32.3. The van der Waals surface area contributed by atoms with Gasteiger partial charge in [0.15, 0.2) is 18.6 Å². The molecule has 0 aliphatic carbocycles. The highest BCUT2D eigenvalue weighted by Gasteiger charge is 2.62. The fourth-order valence-corrected chi connectivity index (χ4v) is 3.65. The van der Waals surface area contributed by atoms with Crippen LogP contribution in [0.2, 0.25) is 0 Å². The first-order valence-corrected chi connectivity index (χ1v) is 10.1. The topological polar surface area (TPSA) is 213 Å². The van der Waals surface area contributed by atoms with Gasteiger partial charge >= 0.3 is 22.0 Å². The van der Waals surface area contributed by atoms with Gasteiger partial charge in [0.05, 0.1) is 6.61 Å². The lowest BCUT2D eigenvalue weighted by Crippen LogP contribution is -2.45. The van der Waals surface area contributed by atoms with Crippen molar-refractivity contribution in [2.75, 3.05) is 13.2 Å². The highest BCUT2D eigenvalue weighted by Crippen LogP contribution is 2.43. The quantitative estimate of drug-likeness (QED) is 0.245. The van der Waals surface area contributed by atoms with Gasteiger partial charge in [-0.1, -0.05) is 0 Å². The molecular formula is C14H19F2N3O11S. The molecule has 17 heteroatoms. The predicted molar refractivity (Wildman–Crippen MR) is 92.3 cm³/mol. The van der Waals surface area contributed by atoms with Crippen molar-refractivity contribution in [3.8, 4) is 0 Å². The number of aliphatic hydroxyl groups excluding tert-OH is 2. The minimum atomic E-state index is -5.42. The standard InChI is InChI=1S/C14H19F2N3O11S/c15-14(16)6(4-27-12-9(22)8(21)5(3-17)28-12)29-11(10(14)30-31(24,25)26)19-2-1-7(20)18-13(19)23/h1-2,5-6,8-12,21-22H,3-4,17H2,(H,18,20,23)(H,24,25,26)/t5-,6-,8-,9-,10+,11-,12-/m1/s1. The third-order valence-corrected chi connectivity index (χ3v) is 5.14.